The number of hydrogen-bond acceptors (Lipinski definition) is 1. The van der Waals surface area contributed by atoms with Gasteiger partial charge in [0.05, 0.1) is 0 Å². The minimum absolute atomic E-state index is 0.217. The zero-order chi connectivity index (χ0) is 17.9. The Bertz CT molecular complexity index is 769. The first-order valence-electron chi connectivity index (χ1n) is 8.32. The van der Waals surface area contributed by atoms with Gasteiger partial charge in [-0.1, -0.05) is 56.3 Å². The summed E-state index contributed by atoms with van der Waals surface area (Å²) in [6.45, 7) is 6.14. The van der Waals surface area contributed by atoms with Gasteiger partial charge in [0.25, 0.3) is 0 Å². The Hall–Kier alpha value is -1.90. The van der Waals surface area contributed by atoms with Gasteiger partial charge in [0.15, 0.2) is 0 Å². The van der Waals surface area contributed by atoms with Crippen molar-refractivity contribution in [3.63, 3.8) is 0 Å². The van der Waals surface area contributed by atoms with Gasteiger partial charge in [0.1, 0.15) is 11.4 Å². The van der Waals surface area contributed by atoms with Crippen LogP contribution in [0.1, 0.15) is 20.8 Å². The van der Waals surface area contributed by atoms with E-state index in [-0.39, 0.29) is 5.60 Å². The molecule has 0 fully saturated rings. The van der Waals surface area contributed by atoms with E-state index in [2.05, 4.69) is 36.4 Å². The van der Waals surface area contributed by atoms with Gasteiger partial charge in [0, 0.05) is 14.7 Å². The van der Waals surface area contributed by atoms with Crippen molar-refractivity contribution in [3.05, 3.63) is 84.9 Å². The molecule has 0 atom stereocenters. The lowest BCUT2D eigenvalue weighted by molar-refractivity contribution is 0.131. The van der Waals surface area contributed by atoms with Gasteiger partial charge < -0.3 is 4.74 Å². The Labute approximate surface area is 156 Å². The van der Waals surface area contributed by atoms with E-state index in [0.717, 1.165) is 20.4 Å². The molecule has 3 aromatic rings. The molecule has 0 saturated carbocycles. The molecular formula is C22H23ClOS. The van der Waals surface area contributed by atoms with Crippen LogP contribution in [0.4, 0.5) is 0 Å². The van der Waals surface area contributed by atoms with Gasteiger partial charge in [0.2, 0.25) is 0 Å². The predicted octanol–water partition coefficient (Wildman–Crippen LogP) is 7.30. The highest BCUT2D eigenvalue weighted by Crippen LogP contribution is 2.72. The molecule has 130 valence electrons. The molecule has 3 aromatic carbocycles. The second-order valence-electron chi connectivity index (χ2n) is 6.85. The summed E-state index contributed by atoms with van der Waals surface area (Å²) in [6.07, 6.45) is 0. The first-order chi connectivity index (χ1) is 11.9. The van der Waals surface area contributed by atoms with Crippen LogP contribution in [0.5, 0.6) is 5.75 Å². The van der Waals surface area contributed by atoms with Gasteiger partial charge in [-0.05, 0) is 69.3 Å². The Balaban J connectivity index is 2.07. The van der Waals surface area contributed by atoms with Crippen molar-refractivity contribution in [3.8, 4) is 5.75 Å². The average molecular weight is 371 g/mol. The molecule has 0 N–H and O–H groups in total. The topological polar surface area (TPSA) is 9.23 Å². The van der Waals surface area contributed by atoms with Crippen molar-refractivity contribution in [2.24, 2.45) is 0 Å². The molecule has 0 heterocycles. The van der Waals surface area contributed by atoms with Crippen molar-refractivity contribution in [1.29, 1.82) is 0 Å². The Morgan fingerprint density at radius 3 is 1.44 bits per heavy atom. The molecule has 0 aliphatic carbocycles. The lowest BCUT2D eigenvalue weighted by Gasteiger charge is -2.34. The lowest BCUT2D eigenvalue weighted by Crippen LogP contribution is -2.22. The molecule has 0 aliphatic rings. The highest BCUT2D eigenvalue weighted by atomic mass is 35.7. The van der Waals surface area contributed by atoms with E-state index in [4.69, 9.17) is 15.4 Å². The fourth-order valence-electron chi connectivity index (χ4n) is 2.67. The predicted molar refractivity (Wildman–Crippen MR) is 108 cm³/mol. The molecular weight excluding hydrogens is 348 g/mol. The maximum Gasteiger partial charge on any atom is 0.120 e. The zero-order valence-corrected chi connectivity index (χ0v) is 16.3. The van der Waals surface area contributed by atoms with Crippen molar-refractivity contribution >= 4 is 19.9 Å². The SMILES string of the molecule is CC(C)(C)Oc1ccc(S(Cl)(c2ccccc2)c2ccccc2)cc1. The van der Waals surface area contributed by atoms with Crippen LogP contribution in [0.15, 0.2) is 99.6 Å². The van der Waals surface area contributed by atoms with Crippen LogP contribution in [0.25, 0.3) is 0 Å². The molecule has 0 aromatic heterocycles. The first-order valence-corrected chi connectivity index (χ1v) is 10.8. The summed E-state index contributed by atoms with van der Waals surface area (Å²) in [5.41, 5.74) is -0.217. The molecule has 0 saturated heterocycles. The minimum Gasteiger partial charge on any atom is -0.488 e. The normalized spacial score (nSPS) is 12.6. The van der Waals surface area contributed by atoms with E-state index in [1.807, 2.05) is 69.3 Å². The molecule has 25 heavy (non-hydrogen) atoms. The molecule has 0 radical (unpaired) electrons. The Kier molecular flexibility index (Phi) is 5.12. The summed E-state index contributed by atoms with van der Waals surface area (Å²) in [5.74, 6) is 0.857. The monoisotopic (exact) mass is 370 g/mol. The standard InChI is InChI=1S/C22H23ClOS/c1-22(2,3)24-18-14-16-21(17-15-18)25(23,19-10-6-4-7-11-19)20-12-8-5-9-13-20/h4-17H,1-3H3. The van der Waals surface area contributed by atoms with Crippen LogP contribution in [0.3, 0.4) is 0 Å². The summed E-state index contributed by atoms with van der Waals surface area (Å²) in [6, 6.07) is 28.8. The number of rotatable bonds is 4. The van der Waals surface area contributed by atoms with E-state index in [0.29, 0.717) is 0 Å². The number of hydrogen-bond donors (Lipinski definition) is 0. The quantitative estimate of drug-likeness (QED) is 0.468. The minimum atomic E-state index is -1.82. The summed E-state index contributed by atoms with van der Waals surface area (Å²) >= 11 is 0. The van der Waals surface area contributed by atoms with E-state index in [9.17, 15) is 0 Å². The van der Waals surface area contributed by atoms with Crippen LogP contribution in [0.2, 0.25) is 0 Å². The number of benzene rings is 3. The molecule has 0 unspecified atom stereocenters. The molecule has 1 nitrogen and oxygen atoms in total. The van der Waals surface area contributed by atoms with E-state index in [1.54, 1.807) is 0 Å². The molecule has 0 aliphatic heterocycles. The molecule has 3 heteroatoms. The van der Waals surface area contributed by atoms with Gasteiger partial charge in [-0.3, -0.25) is 0 Å². The zero-order valence-electron chi connectivity index (χ0n) is 14.8. The summed E-state index contributed by atoms with van der Waals surface area (Å²) in [7, 11) is 5.52. The Morgan fingerprint density at radius 2 is 1.04 bits per heavy atom. The van der Waals surface area contributed by atoms with Crippen molar-refractivity contribution in [2.75, 3.05) is 0 Å². The van der Waals surface area contributed by atoms with Gasteiger partial charge >= 0.3 is 0 Å². The van der Waals surface area contributed by atoms with Gasteiger partial charge in [-0.25, -0.2) is 0 Å². The van der Waals surface area contributed by atoms with Crippen molar-refractivity contribution < 1.29 is 4.74 Å². The van der Waals surface area contributed by atoms with E-state index in [1.165, 1.54) is 0 Å². The molecule has 0 spiro atoms. The third-order valence-corrected chi connectivity index (χ3v) is 8.08. The van der Waals surface area contributed by atoms with Crippen molar-refractivity contribution in [1.82, 2.24) is 0 Å². The van der Waals surface area contributed by atoms with Crippen LogP contribution in [-0.2, 0) is 0 Å². The third kappa shape index (κ3) is 4.02. The highest BCUT2D eigenvalue weighted by Gasteiger charge is 2.28. The molecule has 0 bridgehead atoms. The number of halogens is 1. The van der Waals surface area contributed by atoms with Crippen LogP contribution >= 0.6 is 19.9 Å². The van der Waals surface area contributed by atoms with Gasteiger partial charge in [-0.15, -0.1) is 0 Å². The summed E-state index contributed by atoms with van der Waals surface area (Å²) in [4.78, 5) is 3.37. The maximum atomic E-state index is 7.34. The van der Waals surface area contributed by atoms with Crippen LogP contribution < -0.4 is 4.74 Å². The molecule has 0 amide bonds. The van der Waals surface area contributed by atoms with Crippen LogP contribution in [-0.4, -0.2) is 5.60 Å². The first kappa shape index (κ1) is 17.9. The van der Waals surface area contributed by atoms with Crippen LogP contribution in [0, 0.1) is 0 Å². The summed E-state index contributed by atoms with van der Waals surface area (Å²) < 4.78 is 5.95. The van der Waals surface area contributed by atoms with Gasteiger partial charge in [-0.2, -0.15) is 0 Å². The third-order valence-electron chi connectivity index (χ3n) is 3.71. The van der Waals surface area contributed by atoms with E-state index >= 15 is 0 Å². The second kappa shape index (κ2) is 7.15. The van der Waals surface area contributed by atoms with E-state index < -0.39 is 9.24 Å². The second-order valence-corrected chi connectivity index (χ2v) is 10.7. The molecule has 3 rings (SSSR count). The lowest BCUT2D eigenvalue weighted by atomic mass is 10.2. The maximum absolute atomic E-state index is 7.34. The average Bonchev–Trinajstić information content (AvgIpc) is 2.62. The fourth-order valence-corrected chi connectivity index (χ4v) is 5.99. The fraction of sp³-hybridized carbons (Fsp3) is 0.182. The largest absolute Gasteiger partial charge is 0.488 e. The Morgan fingerprint density at radius 1 is 0.640 bits per heavy atom. The summed E-state index contributed by atoms with van der Waals surface area (Å²) in [5, 5.41) is 0. The number of ether oxygens (including phenoxy) is 1. The van der Waals surface area contributed by atoms with Crippen molar-refractivity contribution in [2.45, 2.75) is 41.1 Å². The highest BCUT2D eigenvalue weighted by molar-refractivity contribution is 8.51. The smallest absolute Gasteiger partial charge is 0.120 e.